The standard InChI is InChI=1S/C16H12BrCl2N3O6/c1-27-13-3-8(2-10(17)15(13)24)6-20-21-14(23)7-28-16-11(19)4-9(18)5-12(16)22(25)26/h2-6,24H,7H2,1H3,(H,21,23). The molecule has 0 bridgehead atoms. The van der Waals surface area contributed by atoms with Gasteiger partial charge in [-0.3, -0.25) is 14.9 Å². The number of phenols is 1. The molecule has 148 valence electrons. The lowest BCUT2D eigenvalue weighted by Crippen LogP contribution is -2.24. The molecular weight excluding hydrogens is 481 g/mol. The number of hydrazone groups is 1. The maximum Gasteiger partial charge on any atom is 0.314 e. The van der Waals surface area contributed by atoms with Crippen molar-refractivity contribution < 1.29 is 24.3 Å². The number of amides is 1. The van der Waals surface area contributed by atoms with Gasteiger partial charge in [-0.25, -0.2) is 5.43 Å². The van der Waals surface area contributed by atoms with Crippen molar-refractivity contribution in [2.24, 2.45) is 5.10 Å². The molecule has 2 N–H and O–H groups in total. The highest BCUT2D eigenvalue weighted by atomic mass is 79.9. The van der Waals surface area contributed by atoms with Gasteiger partial charge in [0.15, 0.2) is 18.1 Å². The van der Waals surface area contributed by atoms with Crippen molar-refractivity contribution in [2.75, 3.05) is 13.7 Å². The first-order valence-corrected chi connectivity index (χ1v) is 8.92. The Balaban J connectivity index is 2.02. The average Bonchev–Trinajstić information content (AvgIpc) is 2.63. The van der Waals surface area contributed by atoms with E-state index in [1.165, 1.54) is 25.5 Å². The van der Waals surface area contributed by atoms with Crippen LogP contribution in [0.4, 0.5) is 5.69 Å². The number of carbonyl (C=O) groups excluding carboxylic acids is 1. The van der Waals surface area contributed by atoms with Crippen LogP contribution in [0.5, 0.6) is 17.2 Å². The van der Waals surface area contributed by atoms with E-state index >= 15 is 0 Å². The first kappa shape index (κ1) is 21.7. The van der Waals surface area contributed by atoms with Crippen LogP contribution in [-0.2, 0) is 4.79 Å². The van der Waals surface area contributed by atoms with Gasteiger partial charge in [0.25, 0.3) is 5.91 Å². The van der Waals surface area contributed by atoms with E-state index in [1.807, 2.05) is 0 Å². The number of nitrogens with one attached hydrogen (secondary N) is 1. The van der Waals surface area contributed by atoms with Gasteiger partial charge in [-0.1, -0.05) is 23.2 Å². The van der Waals surface area contributed by atoms with Gasteiger partial charge in [0.2, 0.25) is 5.75 Å². The number of ether oxygens (including phenoxy) is 2. The van der Waals surface area contributed by atoms with E-state index in [0.29, 0.717) is 10.0 Å². The van der Waals surface area contributed by atoms with E-state index < -0.39 is 23.1 Å². The second-order valence-electron chi connectivity index (χ2n) is 5.13. The molecule has 0 fully saturated rings. The van der Waals surface area contributed by atoms with Crippen molar-refractivity contribution in [2.45, 2.75) is 0 Å². The number of methoxy groups -OCH3 is 1. The van der Waals surface area contributed by atoms with Crippen molar-refractivity contribution in [3.8, 4) is 17.2 Å². The largest absolute Gasteiger partial charge is 0.503 e. The van der Waals surface area contributed by atoms with E-state index in [0.717, 1.165) is 6.07 Å². The molecule has 0 atom stereocenters. The highest BCUT2D eigenvalue weighted by Gasteiger charge is 2.21. The Morgan fingerprint density at radius 2 is 2.11 bits per heavy atom. The van der Waals surface area contributed by atoms with Crippen molar-refractivity contribution in [3.63, 3.8) is 0 Å². The van der Waals surface area contributed by atoms with Gasteiger partial charge in [-0.15, -0.1) is 0 Å². The molecule has 2 rings (SSSR count). The summed E-state index contributed by atoms with van der Waals surface area (Å²) in [6.45, 7) is -0.567. The van der Waals surface area contributed by atoms with Crippen LogP contribution in [0.2, 0.25) is 10.0 Å². The van der Waals surface area contributed by atoms with Crippen LogP contribution >= 0.6 is 39.1 Å². The maximum absolute atomic E-state index is 11.8. The molecule has 0 aliphatic heterocycles. The summed E-state index contributed by atoms with van der Waals surface area (Å²) in [5, 5.41) is 24.5. The molecule has 0 aliphatic carbocycles. The monoisotopic (exact) mass is 491 g/mol. The number of nitro benzene ring substituents is 1. The van der Waals surface area contributed by atoms with Crippen LogP contribution in [0, 0.1) is 10.1 Å². The maximum atomic E-state index is 11.8. The molecule has 2 aromatic carbocycles. The number of nitrogens with zero attached hydrogens (tertiary/aromatic N) is 2. The third-order valence-electron chi connectivity index (χ3n) is 3.21. The highest BCUT2D eigenvalue weighted by Crippen LogP contribution is 2.37. The third-order valence-corrected chi connectivity index (χ3v) is 4.31. The molecule has 0 spiro atoms. The van der Waals surface area contributed by atoms with Crippen LogP contribution in [0.25, 0.3) is 0 Å². The second-order valence-corrected chi connectivity index (χ2v) is 6.83. The molecule has 0 saturated carbocycles. The molecular formula is C16H12BrCl2N3O6. The van der Waals surface area contributed by atoms with Crippen molar-refractivity contribution in [3.05, 3.63) is 54.5 Å². The summed E-state index contributed by atoms with van der Waals surface area (Å²) in [5.41, 5.74) is 2.26. The SMILES string of the molecule is COc1cc(C=NNC(=O)COc2c(Cl)cc(Cl)cc2[N+](=O)[O-])cc(Br)c1O. The number of rotatable bonds is 7. The highest BCUT2D eigenvalue weighted by molar-refractivity contribution is 9.10. The molecule has 0 radical (unpaired) electrons. The number of aromatic hydroxyl groups is 1. The smallest absolute Gasteiger partial charge is 0.314 e. The van der Waals surface area contributed by atoms with Gasteiger partial charge < -0.3 is 14.6 Å². The molecule has 0 saturated heterocycles. The topological polar surface area (TPSA) is 123 Å². The molecule has 0 aromatic heterocycles. The first-order chi connectivity index (χ1) is 13.2. The average molecular weight is 493 g/mol. The van der Waals surface area contributed by atoms with E-state index in [4.69, 9.17) is 32.7 Å². The number of halogens is 3. The van der Waals surface area contributed by atoms with Crippen molar-refractivity contribution in [1.82, 2.24) is 5.43 Å². The molecule has 0 unspecified atom stereocenters. The van der Waals surface area contributed by atoms with E-state index in [2.05, 4.69) is 26.5 Å². The first-order valence-electron chi connectivity index (χ1n) is 7.37. The summed E-state index contributed by atoms with van der Waals surface area (Å²) < 4.78 is 10.5. The number of benzene rings is 2. The van der Waals surface area contributed by atoms with Crippen LogP contribution in [-0.4, -0.2) is 35.9 Å². The Morgan fingerprint density at radius 1 is 1.39 bits per heavy atom. The number of nitro groups is 1. The van der Waals surface area contributed by atoms with Gasteiger partial charge in [0.1, 0.15) is 0 Å². The van der Waals surface area contributed by atoms with Gasteiger partial charge in [0, 0.05) is 11.1 Å². The summed E-state index contributed by atoms with van der Waals surface area (Å²) in [4.78, 5) is 22.2. The van der Waals surface area contributed by atoms with E-state index in [9.17, 15) is 20.0 Å². The van der Waals surface area contributed by atoms with Gasteiger partial charge in [-0.2, -0.15) is 5.10 Å². The molecule has 2 aromatic rings. The molecule has 1 amide bonds. The summed E-state index contributed by atoms with van der Waals surface area (Å²) in [6.07, 6.45) is 1.31. The van der Waals surface area contributed by atoms with Crippen LogP contribution in [0.1, 0.15) is 5.56 Å². The van der Waals surface area contributed by atoms with E-state index in [-0.39, 0.29) is 27.3 Å². The van der Waals surface area contributed by atoms with Crippen LogP contribution in [0.15, 0.2) is 33.8 Å². The van der Waals surface area contributed by atoms with Gasteiger partial charge in [0.05, 0.1) is 27.7 Å². The Kier molecular flexibility index (Phi) is 7.44. The fourth-order valence-electron chi connectivity index (χ4n) is 2.00. The third kappa shape index (κ3) is 5.47. The van der Waals surface area contributed by atoms with Crippen molar-refractivity contribution >= 4 is 56.9 Å². The fraction of sp³-hybridized carbons (Fsp3) is 0.125. The Morgan fingerprint density at radius 3 is 2.75 bits per heavy atom. The van der Waals surface area contributed by atoms with Crippen molar-refractivity contribution in [1.29, 1.82) is 0 Å². The van der Waals surface area contributed by atoms with E-state index in [1.54, 1.807) is 6.07 Å². The predicted molar refractivity (Wildman–Crippen MR) is 107 cm³/mol. The minimum Gasteiger partial charge on any atom is -0.503 e. The minimum atomic E-state index is -0.723. The molecule has 28 heavy (non-hydrogen) atoms. The summed E-state index contributed by atoms with van der Waals surface area (Å²) in [7, 11) is 1.39. The lowest BCUT2D eigenvalue weighted by Gasteiger charge is -2.08. The second kappa shape index (κ2) is 9.58. The molecule has 0 aliphatic rings. The quantitative estimate of drug-likeness (QED) is 0.343. The number of hydrogen-bond donors (Lipinski definition) is 2. The summed E-state index contributed by atoms with van der Waals surface area (Å²) in [6, 6.07) is 5.39. The lowest BCUT2D eigenvalue weighted by molar-refractivity contribution is -0.385. The van der Waals surface area contributed by atoms with Crippen LogP contribution in [0.3, 0.4) is 0 Å². The zero-order valence-electron chi connectivity index (χ0n) is 14.1. The summed E-state index contributed by atoms with van der Waals surface area (Å²) >= 11 is 14.8. The van der Waals surface area contributed by atoms with Gasteiger partial charge in [-0.05, 0) is 39.7 Å². The number of phenolic OH excluding ortho intramolecular Hbond substituents is 1. The van der Waals surface area contributed by atoms with Crippen LogP contribution < -0.4 is 14.9 Å². The normalized spacial score (nSPS) is 10.7. The fourth-order valence-corrected chi connectivity index (χ4v) is 2.99. The summed E-state index contributed by atoms with van der Waals surface area (Å²) in [5.74, 6) is -0.808. The Hall–Kier alpha value is -2.56. The lowest BCUT2D eigenvalue weighted by atomic mass is 10.2. The minimum absolute atomic E-state index is 0.0635. The zero-order chi connectivity index (χ0) is 20.8. The molecule has 0 heterocycles. The molecule has 12 heteroatoms. The van der Waals surface area contributed by atoms with Gasteiger partial charge >= 0.3 is 5.69 Å². The Labute approximate surface area is 177 Å². The number of carbonyl (C=O) groups is 1. The zero-order valence-corrected chi connectivity index (χ0v) is 17.2. The predicted octanol–water partition coefficient (Wildman–Crippen LogP) is 3.91. The number of hydrogen-bond acceptors (Lipinski definition) is 7. The Bertz CT molecular complexity index is 954. The molecule has 9 nitrogen and oxygen atoms in total.